The number of carbonyl (C=O) groups excluding carboxylic acids is 1. The molecule has 0 bridgehead atoms. The molecule has 0 heterocycles. The fourth-order valence-electron chi connectivity index (χ4n) is 2.75. The largest absolute Gasteiger partial charge is 0.506 e. The standard InChI is InChI=1S/C17H24N2O4S/c1-3-19(4-2)24(22,23)14-10-11-16(20)15(12-14)18-17(21)13-8-6-5-7-9-13/h5-6,10-13,20H,3-4,7-9H2,1-2H3,(H,18,21)/t13-/m0/s1. The van der Waals surface area contributed by atoms with Gasteiger partial charge in [0.1, 0.15) is 5.75 Å². The Bertz CT molecular complexity index is 724. The Balaban J connectivity index is 2.25. The lowest BCUT2D eigenvalue weighted by Crippen LogP contribution is -2.30. The second-order valence-corrected chi connectivity index (χ2v) is 7.68. The first-order valence-electron chi connectivity index (χ1n) is 8.19. The van der Waals surface area contributed by atoms with Gasteiger partial charge >= 0.3 is 0 Å². The van der Waals surface area contributed by atoms with Gasteiger partial charge in [0.05, 0.1) is 10.6 Å². The van der Waals surface area contributed by atoms with Crippen molar-refractivity contribution in [1.29, 1.82) is 0 Å². The molecule has 0 aliphatic heterocycles. The molecular formula is C17H24N2O4S. The van der Waals surface area contributed by atoms with Crippen molar-refractivity contribution in [3.8, 4) is 5.75 Å². The highest BCUT2D eigenvalue weighted by Crippen LogP contribution is 2.29. The first kappa shape index (κ1) is 18.5. The lowest BCUT2D eigenvalue weighted by atomic mass is 9.93. The summed E-state index contributed by atoms with van der Waals surface area (Å²) >= 11 is 0. The second kappa shape index (κ2) is 7.81. The molecule has 0 aromatic heterocycles. The molecule has 0 radical (unpaired) electrons. The normalized spacial score (nSPS) is 17.9. The van der Waals surface area contributed by atoms with Crippen LogP contribution in [0.15, 0.2) is 35.2 Å². The summed E-state index contributed by atoms with van der Waals surface area (Å²) in [7, 11) is -3.64. The first-order chi connectivity index (χ1) is 11.4. The van der Waals surface area contributed by atoms with Crippen LogP contribution in [0.25, 0.3) is 0 Å². The van der Waals surface area contributed by atoms with Gasteiger partial charge in [0, 0.05) is 19.0 Å². The highest BCUT2D eigenvalue weighted by atomic mass is 32.2. The maximum atomic E-state index is 12.6. The quantitative estimate of drug-likeness (QED) is 0.609. The molecule has 6 nitrogen and oxygen atoms in total. The molecule has 0 fully saturated rings. The molecule has 2 rings (SSSR count). The van der Waals surface area contributed by atoms with E-state index in [0.29, 0.717) is 19.5 Å². The number of carbonyl (C=O) groups is 1. The van der Waals surface area contributed by atoms with E-state index in [1.165, 1.54) is 22.5 Å². The zero-order chi connectivity index (χ0) is 17.7. The summed E-state index contributed by atoms with van der Waals surface area (Å²) in [5.74, 6) is -0.502. The number of sulfonamides is 1. The van der Waals surface area contributed by atoms with Crippen LogP contribution in [-0.2, 0) is 14.8 Å². The Morgan fingerprint density at radius 1 is 1.29 bits per heavy atom. The summed E-state index contributed by atoms with van der Waals surface area (Å²) in [6.45, 7) is 4.24. The zero-order valence-corrected chi connectivity index (χ0v) is 14.8. The Morgan fingerprint density at radius 2 is 2.00 bits per heavy atom. The number of hydrogen-bond donors (Lipinski definition) is 2. The molecule has 0 saturated heterocycles. The number of allylic oxidation sites excluding steroid dienone is 2. The highest BCUT2D eigenvalue weighted by Gasteiger charge is 2.24. The van der Waals surface area contributed by atoms with Crippen molar-refractivity contribution in [2.45, 2.75) is 38.0 Å². The molecular weight excluding hydrogens is 328 g/mol. The maximum Gasteiger partial charge on any atom is 0.243 e. The number of anilines is 1. The van der Waals surface area contributed by atoms with Crippen LogP contribution in [-0.4, -0.2) is 36.8 Å². The van der Waals surface area contributed by atoms with Crippen molar-refractivity contribution in [2.75, 3.05) is 18.4 Å². The minimum absolute atomic E-state index is 0.0582. The van der Waals surface area contributed by atoms with E-state index < -0.39 is 10.0 Å². The summed E-state index contributed by atoms with van der Waals surface area (Å²) in [6, 6.07) is 3.97. The number of phenolic OH excluding ortho intramolecular Hbond substituents is 1. The van der Waals surface area contributed by atoms with E-state index in [0.717, 1.165) is 12.8 Å². The number of hydrogen-bond acceptors (Lipinski definition) is 4. The molecule has 1 aromatic rings. The lowest BCUT2D eigenvalue weighted by molar-refractivity contribution is -0.120. The molecule has 2 N–H and O–H groups in total. The summed E-state index contributed by atoms with van der Waals surface area (Å²) in [6.07, 6.45) is 6.26. The maximum absolute atomic E-state index is 12.6. The van der Waals surface area contributed by atoms with Crippen molar-refractivity contribution in [3.05, 3.63) is 30.4 Å². The fourth-order valence-corrected chi connectivity index (χ4v) is 4.24. The molecule has 1 amide bonds. The van der Waals surface area contributed by atoms with E-state index in [4.69, 9.17) is 0 Å². The van der Waals surface area contributed by atoms with Crippen molar-refractivity contribution < 1.29 is 18.3 Å². The predicted octanol–water partition coefficient (Wildman–Crippen LogP) is 2.72. The summed E-state index contributed by atoms with van der Waals surface area (Å²) in [4.78, 5) is 12.4. The third-order valence-corrected chi connectivity index (χ3v) is 6.25. The average Bonchev–Trinajstić information content (AvgIpc) is 2.58. The molecule has 0 spiro atoms. The Morgan fingerprint density at radius 3 is 2.58 bits per heavy atom. The van der Waals surface area contributed by atoms with E-state index in [1.54, 1.807) is 13.8 Å². The van der Waals surface area contributed by atoms with Gasteiger partial charge in [0.25, 0.3) is 0 Å². The first-order valence-corrected chi connectivity index (χ1v) is 9.63. The van der Waals surface area contributed by atoms with Crippen LogP contribution in [0.3, 0.4) is 0 Å². The van der Waals surface area contributed by atoms with Gasteiger partial charge in [-0.2, -0.15) is 4.31 Å². The van der Waals surface area contributed by atoms with Crippen LogP contribution in [0.2, 0.25) is 0 Å². The second-order valence-electron chi connectivity index (χ2n) is 5.74. The van der Waals surface area contributed by atoms with E-state index >= 15 is 0 Å². The van der Waals surface area contributed by atoms with Crippen LogP contribution in [0.1, 0.15) is 33.1 Å². The van der Waals surface area contributed by atoms with Gasteiger partial charge in [-0.25, -0.2) is 8.42 Å². The van der Waals surface area contributed by atoms with Crippen molar-refractivity contribution >= 4 is 21.6 Å². The van der Waals surface area contributed by atoms with Gasteiger partial charge in [-0.3, -0.25) is 4.79 Å². The van der Waals surface area contributed by atoms with Gasteiger partial charge in [-0.15, -0.1) is 0 Å². The molecule has 1 atom stereocenters. The minimum Gasteiger partial charge on any atom is -0.506 e. The molecule has 24 heavy (non-hydrogen) atoms. The molecule has 0 unspecified atom stereocenters. The summed E-state index contributed by atoms with van der Waals surface area (Å²) < 4.78 is 26.5. The van der Waals surface area contributed by atoms with Gasteiger partial charge in [0.15, 0.2) is 0 Å². The Labute approximate surface area is 143 Å². The van der Waals surface area contributed by atoms with Crippen LogP contribution < -0.4 is 5.32 Å². The molecule has 7 heteroatoms. The highest BCUT2D eigenvalue weighted by molar-refractivity contribution is 7.89. The minimum atomic E-state index is -3.64. The average molecular weight is 352 g/mol. The van der Waals surface area contributed by atoms with Crippen molar-refractivity contribution in [3.63, 3.8) is 0 Å². The van der Waals surface area contributed by atoms with Crippen molar-refractivity contribution in [2.24, 2.45) is 5.92 Å². The van der Waals surface area contributed by atoms with Gasteiger partial charge in [0.2, 0.25) is 15.9 Å². The third kappa shape index (κ3) is 3.96. The van der Waals surface area contributed by atoms with E-state index in [1.807, 2.05) is 12.2 Å². The van der Waals surface area contributed by atoms with Crippen LogP contribution in [0.5, 0.6) is 5.75 Å². The molecule has 0 saturated carbocycles. The van der Waals surface area contributed by atoms with E-state index in [2.05, 4.69) is 5.32 Å². The van der Waals surface area contributed by atoms with Gasteiger partial charge < -0.3 is 10.4 Å². The number of phenols is 1. The zero-order valence-electron chi connectivity index (χ0n) is 14.0. The molecule has 1 aliphatic rings. The molecule has 1 aromatic carbocycles. The number of aromatic hydroxyl groups is 1. The Hall–Kier alpha value is -1.86. The van der Waals surface area contributed by atoms with Crippen LogP contribution in [0, 0.1) is 5.92 Å². The van der Waals surface area contributed by atoms with Crippen molar-refractivity contribution in [1.82, 2.24) is 4.31 Å². The van der Waals surface area contributed by atoms with Gasteiger partial charge in [-0.05, 0) is 37.5 Å². The van der Waals surface area contributed by atoms with E-state index in [-0.39, 0.29) is 28.2 Å². The fraction of sp³-hybridized carbons (Fsp3) is 0.471. The summed E-state index contributed by atoms with van der Waals surface area (Å²) in [5, 5.41) is 12.6. The lowest BCUT2D eigenvalue weighted by Gasteiger charge is -2.20. The number of nitrogens with zero attached hydrogens (tertiary/aromatic N) is 1. The summed E-state index contributed by atoms with van der Waals surface area (Å²) in [5.41, 5.74) is 0.128. The Kier molecular flexibility index (Phi) is 6.01. The van der Waals surface area contributed by atoms with Crippen LogP contribution >= 0.6 is 0 Å². The number of amides is 1. The molecule has 1 aliphatic carbocycles. The predicted molar refractivity (Wildman–Crippen MR) is 93.3 cm³/mol. The van der Waals surface area contributed by atoms with Crippen LogP contribution in [0.4, 0.5) is 5.69 Å². The molecule has 132 valence electrons. The van der Waals surface area contributed by atoms with E-state index in [9.17, 15) is 18.3 Å². The number of benzene rings is 1. The topological polar surface area (TPSA) is 86.7 Å². The SMILES string of the molecule is CCN(CC)S(=O)(=O)c1ccc(O)c(NC(=O)[C@H]2CC=CCC2)c1. The monoisotopic (exact) mass is 352 g/mol. The smallest absolute Gasteiger partial charge is 0.243 e. The number of nitrogens with one attached hydrogen (secondary N) is 1. The number of rotatable bonds is 6. The van der Waals surface area contributed by atoms with Gasteiger partial charge in [-0.1, -0.05) is 26.0 Å². The third-order valence-electron chi connectivity index (χ3n) is 4.21.